The summed E-state index contributed by atoms with van der Waals surface area (Å²) in [4.78, 5) is 11.7. The Labute approximate surface area is 171 Å². The molecule has 0 aliphatic heterocycles. The summed E-state index contributed by atoms with van der Waals surface area (Å²) in [7, 11) is 2.98. The summed E-state index contributed by atoms with van der Waals surface area (Å²) in [6.07, 6.45) is 1.67. The summed E-state index contributed by atoms with van der Waals surface area (Å²) >= 11 is 16.5. The van der Waals surface area contributed by atoms with E-state index < -0.39 is 9.76 Å². The molecule has 140 valence electrons. The summed E-state index contributed by atoms with van der Waals surface area (Å²) in [5.74, 6) is -0.0184. The lowest BCUT2D eigenvalue weighted by atomic mass is 10.0. The summed E-state index contributed by atoms with van der Waals surface area (Å²) in [6.45, 7) is 0. The fourth-order valence-electron chi connectivity index (χ4n) is 2.13. The van der Waals surface area contributed by atoms with Gasteiger partial charge in [-0.3, -0.25) is 0 Å². The highest BCUT2D eigenvalue weighted by Gasteiger charge is 2.33. The van der Waals surface area contributed by atoms with Crippen LogP contribution < -0.4 is 14.2 Å². The minimum absolute atomic E-state index is 0.0916. The average molecular weight is 427 g/mol. The van der Waals surface area contributed by atoms with Crippen LogP contribution >= 0.6 is 34.8 Å². The molecule has 0 fully saturated rings. The van der Waals surface area contributed by atoms with E-state index in [-0.39, 0.29) is 11.5 Å². The third kappa shape index (κ3) is 5.54. The van der Waals surface area contributed by atoms with Gasteiger partial charge < -0.3 is 14.2 Å². The number of methoxy groups -OCH3 is 2. The maximum absolute atomic E-state index is 11.7. The van der Waals surface area contributed by atoms with Gasteiger partial charge >= 0.3 is 5.97 Å². The molecule has 2 aromatic rings. The van der Waals surface area contributed by atoms with Crippen LogP contribution in [0, 0.1) is 11.3 Å². The van der Waals surface area contributed by atoms with Gasteiger partial charge in [-0.25, -0.2) is 4.79 Å². The molecule has 0 saturated carbocycles. The second-order valence-electron chi connectivity index (χ2n) is 5.20. The van der Waals surface area contributed by atoms with Gasteiger partial charge in [0, 0.05) is 0 Å². The van der Waals surface area contributed by atoms with Crippen molar-refractivity contribution in [1.82, 2.24) is 0 Å². The van der Waals surface area contributed by atoms with Gasteiger partial charge in [-0.15, -0.1) is 0 Å². The first kappa shape index (κ1) is 20.9. The molecular formula is C19H14Cl3NO4. The number of esters is 1. The van der Waals surface area contributed by atoms with Crippen molar-refractivity contribution in [2.24, 2.45) is 0 Å². The highest BCUT2D eigenvalue weighted by molar-refractivity contribution is 6.75. The predicted molar refractivity (Wildman–Crippen MR) is 105 cm³/mol. The Morgan fingerprint density at radius 3 is 2.22 bits per heavy atom. The maximum atomic E-state index is 11.7. The minimum atomic E-state index is -2.20. The van der Waals surface area contributed by atoms with E-state index in [1.807, 2.05) is 0 Å². The smallest absolute Gasteiger partial charge is 0.364 e. The van der Waals surface area contributed by atoms with Crippen LogP contribution in [0.5, 0.6) is 17.2 Å². The van der Waals surface area contributed by atoms with E-state index in [9.17, 15) is 10.1 Å². The van der Waals surface area contributed by atoms with Crippen LogP contribution in [0.4, 0.5) is 0 Å². The van der Waals surface area contributed by atoms with E-state index in [2.05, 4.69) is 6.07 Å². The fourth-order valence-corrected chi connectivity index (χ4v) is 2.25. The first-order chi connectivity index (χ1) is 12.8. The van der Waals surface area contributed by atoms with E-state index in [0.717, 1.165) is 5.56 Å². The number of carbonyl (C=O) groups is 1. The second kappa shape index (κ2) is 9.01. The van der Waals surface area contributed by atoms with Crippen molar-refractivity contribution < 1.29 is 19.0 Å². The molecule has 0 heterocycles. The number of carbonyl (C=O) groups excluding carboxylic acids is 1. The zero-order valence-electron chi connectivity index (χ0n) is 14.3. The molecule has 0 aliphatic rings. The van der Waals surface area contributed by atoms with Crippen LogP contribution in [0.1, 0.15) is 11.1 Å². The molecule has 8 heteroatoms. The average Bonchev–Trinajstić information content (AvgIpc) is 2.66. The van der Waals surface area contributed by atoms with Gasteiger partial charge in [0.1, 0.15) is 5.75 Å². The van der Waals surface area contributed by atoms with Crippen molar-refractivity contribution in [2.75, 3.05) is 14.2 Å². The molecule has 0 N–H and O–H groups in total. The summed E-state index contributed by atoms with van der Waals surface area (Å²) in [5, 5.41) is 9.46. The molecule has 2 rings (SSSR count). The molecule has 2 aromatic carbocycles. The SMILES string of the molecule is COc1ccc(/C(C#N)=C\c2ccc(OC(=O)C(Cl)(Cl)Cl)c(OC)c2)cc1. The van der Waals surface area contributed by atoms with Crippen LogP contribution in [-0.2, 0) is 4.79 Å². The highest BCUT2D eigenvalue weighted by Crippen LogP contribution is 2.34. The Morgan fingerprint density at radius 1 is 1.04 bits per heavy atom. The molecule has 0 saturated heterocycles. The van der Waals surface area contributed by atoms with E-state index in [0.29, 0.717) is 16.9 Å². The highest BCUT2D eigenvalue weighted by atomic mass is 35.6. The minimum Gasteiger partial charge on any atom is -0.497 e. The summed E-state index contributed by atoms with van der Waals surface area (Å²) in [5.41, 5.74) is 1.82. The molecular weight excluding hydrogens is 413 g/mol. The molecule has 0 spiro atoms. The van der Waals surface area contributed by atoms with Gasteiger partial charge in [0.25, 0.3) is 3.79 Å². The van der Waals surface area contributed by atoms with E-state index in [1.165, 1.54) is 13.2 Å². The van der Waals surface area contributed by atoms with Crippen molar-refractivity contribution >= 4 is 52.4 Å². The second-order valence-corrected chi connectivity index (χ2v) is 7.48. The van der Waals surface area contributed by atoms with Crippen molar-refractivity contribution in [2.45, 2.75) is 3.79 Å². The molecule has 0 aromatic heterocycles. The lowest BCUT2D eigenvalue weighted by molar-refractivity contribution is -0.133. The van der Waals surface area contributed by atoms with Gasteiger partial charge in [0.2, 0.25) is 0 Å². The summed E-state index contributed by atoms with van der Waals surface area (Å²) < 4.78 is 13.2. The van der Waals surface area contributed by atoms with Crippen LogP contribution in [0.3, 0.4) is 0 Å². The molecule has 0 amide bonds. The number of rotatable bonds is 5. The zero-order chi connectivity index (χ0) is 20.0. The Bertz CT molecular complexity index is 897. The molecule has 0 unspecified atom stereocenters. The van der Waals surface area contributed by atoms with Crippen molar-refractivity contribution in [3.63, 3.8) is 0 Å². The van der Waals surface area contributed by atoms with Gasteiger partial charge in [-0.1, -0.05) is 40.9 Å². The van der Waals surface area contributed by atoms with Crippen LogP contribution in [0.2, 0.25) is 0 Å². The lowest BCUT2D eigenvalue weighted by Gasteiger charge is -2.13. The Hall–Kier alpha value is -2.39. The van der Waals surface area contributed by atoms with Gasteiger partial charge in [-0.05, 0) is 53.6 Å². The van der Waals surface area contributed by atoms with Crippen molar-refractivity contribution in [1.29, 1.82) is 5.26 Å². The number of nitrogens with zero attached hydrogens (tertiary/aromatic N) is 1. The van der Waals surface area contributed by atoms with E-state index in [4.69, 9.17) is 49.0 Å². The number of alkyl halides is 3. The lowest BCUT2D eigenvalue weighted by Crippen LogP contribution is -2.24. The van der Waals surface area contributed by atoms with E-state index >= 15 is 0 Å². The number of halogens is 3. The topological polar surface area (TPSA) is 68.5 Å². The Morgan fingerprint density at radius 2 is 1.70 bits per heavy atom. The number of allylic oxidation sites excluding steroid dienone is 1. The third-order valence-corrected chi connectivity index (χ3v) is 3.92. The van der Waals surface area contributed by atoms with Gasteiger partial charge in [0.15, 0.2) is 11.5 Å². The molecule has 27 heavy (non-hydrogen) atoms. The van der Waals surface area contributed by atoms with Crippen LogP contribution in [0.15, 0.2) is 42.5 Å². The molecule has 0 radical (unpaired) electrons. The number of hydrogen-bond acceptors (Lipinski definition) is 5. The fraction of sp³-hybridized carbons (Fsp3) is 0.158. The standard InChI is InChI=1S/C19H14Cl3NO4/c1-25-15-6-4-13(5-7-15)14(11-23)9-12-3-8-16(17(10-12)26-2)27-18(24)19(20,21)22/h3-10H,1-2H3/b14-9-. The van der Waals surface area contributed by atoms with Gasteiger partial charge in [0.05, 0.1) is 25.9 Å². The first-order valence-corrected chi connectivity index (χ1v) is 8.65. The van der Waals surface area contributed by atoms with Crippen LogP contribution in [-0.4, -0.2) is 24.0 Å². The molecule has 5 nitrogen and oxygen atoms in total. The maximum Gasteiger partial charge on any atom is 0.364 e. The Balaban J connectivity index is 2.33. The zero-order valence-corrected chi connectivity index (χ0v) is 16.6. The summed E-state index contributed by atoms with van der Waals surface area (Å²) in [6, 6.07) is 14.0. The number of benzene rings is 2. The molecule has 0 bridgehead atoms. The largest absolute Gasteiger partial charge is 0.497 e. The number of nitriles is 1. The number of hydrogen-bond donors (Lipinski definition) is 0. The first-order valence-electron chi connectivity index (χ1n) is 7.51. The quantitative estimate of drug-likeness (QED) is 0.220. The third-order valence-electron chi connectivity index (χ3n) is 3.45. The monoisotopic (exact) mass is 425 g/mol. The molecule has 0 aliphatic carbocycles. The normalized spacial score (nSPS) is 11.5. The molecule has 0 atom stereocenters. The van der Waals surface area contributed by atoms with Crippen LogP contribution in [0.25, 0.3) is 11.6 Å². The van der Waals surface area contributed by atoms with Crippen molar-refractivity contribution in [3.05, 3.63) is 53.6 Å². The Kier molecular flexibility index (Phi) is 6.98. The van der Waals surface area contributed by atoms with E-state index in [1.54, 1.807) is 49.6 Å². The number of ether oxygens (including phenoxy) is 3. The van der Waals surface area contributed by atoms with Gasteiger partial charge in [-0.2, -0.15) is 5.26 Å². The van der Waals surface area contributed by atoms with Crippen molar-refractivity contribution in [3.8, 4) is 23.3 Å². The predicted octanol–water partition coefficient (Wildman–Crippen LogP) is 5.04.